The Bertz CT molecular complexity index is 849. The molecule has 34 heavy (non-hydrogen) atoms. The number of para-hydroxylation sites is 3. The van der Waals surface area contributed by atoms with E-state index in [4.69, 9.17) is 22.8 Å². The minimum Gasteiger partial charge on any atom is -0.482 e. The molecule has 1 aliphatic rings. The third-order valence-electron chi connectivity index (χ3n) is 5.81. The average Bonchev–Trinajstić information content (AvgIpc) is 2.84. The summed E-state index contributed by atoms with van der Waals surface area (Å²) in [6, 6.07) is 29.1. The summed E-state index contributed by atoms with van der Waals surface area (Å²) in [5.41, 5.74) is -0.340. The molecule has 0 N–H and O–H groups in total. The normalized spacial score (nSPS) is 16.3. The van der Waals surface area contributed by atoms with Crippen molar-refractivity contribution < 1.29 is 22.8 Å². The van der Waals surface area contributed by atoms with Gasteiger partial charge in [-0.3, -0.25) is 0 Å². The van der Waals surface area contributed by atoms with Gasteiger partial charge in [0.25, 0.3) is 0 Å². The van der Waals surface area contributed by atoms with Gasteiger partial charge >= 0.3 is 8.80 Å². The summed E-state index contributed by atoms with van der Waals surface area (Å²) in [6.45, 7) is 3.61. The maximum Gasteiger partial charge on any atom is 0.730 e. The maximum atomic E-state index is 6.63. The van der Waals surface area contributed by atoms with E-state index in [-0.39, 0.29) is 5.73 Å². The van der Waals surface area contributed by atoms with Crippen LogP contribution in [0.2, 0.25) is 0 Å². The molecule has 3 aromatic rings. The van der Waals surface area contributed by atoms with Crippen LogP contribution in [0.25, 0.3) is 0 Å². The maximum absolute atomic E-state index is 6.63. The lowest BCUT2D eigenvalue weighted by Crippen LogP contribution is -2.65. The number of rotatable bonds is 14. The highest BCUT2D eigenvalue weighted by Gasteiger charge is 2.58. The van der Waals surface area contributed by atoms with Crippen molar-refractivity contribution in [1.82, 2.24) is 0 Å². The van der Waals surface area contributed by atoms with Crippen molar-refractivity contribution in [2.75, 3.05) is 13.2 Å². The van der Waals surface area contributed by atoms with Crippen molar-refractivity contribution >= 4 is 8.80 Å². The molecule has 0 radical (unpaired) electrons. The molecule has 6 heteroatoms. The molecule has 0 aliphatic carbocycles. The highest BCUT2D eigenvalue weighted by atomic mass is 28.4. The predicted octanol–water partition coefficient (Wildman–Crippen LogP) is 6.46. The van der Waals surface area contributed by atoms with Crippen LogP contribution >= 0.6 is 0 Å². The van der Waals surface area contributed by atoms with E-state index in [2.05, 4.69) is 6.92 Å². The lowest BCUT2D eigenvalue weighted by atomic mass is 10.1. The molecule has 4 rings (SSSR count). The molecule has 1 fully saturated rings. The van der Waals surface area contributed by atoms with Crippen LogP contribution in [-0.4, -0.2) is 33.8 Å². The van der Waals surface area contributed by atoms with E-state index in [1.54, 1.807) is 0 Å². The van der Waals surface area contributed by atoms with Gasteiger partial charge in [-0.15, -0.1) is 0 Å². The molecule has 0 spiro atoms. The lowest BCUT2D eigenvalue weighted by Gasteiger charge is -2.35. The van der Waals surface area contributed by atoms with Gasteiger partial charge in [-0.05, 0) is 68.5 Å². The zero-order valence-corrected chi connectivity index (χ0v) is 20.8. The van der Waals surface area contributed by atoms with E-state index in [9.17, 15) is 0 Å². The van der Waals surface area contributed by atoms with Gasteiger partial charge in [0.15, 0.2) is 5.73 Å². The number of hydrogen-bond donors (Lipinski definition) is 0. The van der Waals surface area contributed by atoms with Crippen LogP contribution < -0.4 is 13.3 Å². The Morgan fingerprint density at radius 1 is 0.765 bits per heavy atom. The van der Waals surface area contributed by atoms with Crippen molar-refractivity contribution in [1.29, 1.82) is 0 Å². The molecule has 0 aromatic heterocycles. The van der Waals surface area contributed by atoms with E-state index in [0.717, 1.165) is 25.9 Å². The van der Waals surface area contributed by atoms with Gasteiger partial charge in [0.05, 0.1) is 6.10 Å². The van der Waals surface area contributed by atoms with Gasteiger partial charge in [0.1, 0.15) is 17.2 Å². The van der Waals surface area contributed by atoms with Crippen LogP contribution in [0.4, 0.5) is 0 Å². The largest absolute Gasteiger partial charge is 0.730 e. The van der Waals surface area contributed by atoms with Gasteiger partial charge in [-0.1, -0.05) is 61.5 Å². The van der Waals surface area contributed by atoms with E-state index in [0.29, 0.717) is 36.4 Å². The fraction of sp³-hybridized carbons (Fsp3) is 0.357. The van der Waals surface area contributed by atoms with E-state index < -0.39 is 8.80 Å². The van der Waals surface area contributed by atoms with Crippen LogP contribution in [0.5, 0.6) is 17.2 Å². The Kier molecular flexibility index (Phi) is 9.02. The van der Waals surface area contributed by atoms with Crippen LogP contribution in [0.1, 0.15) is 39.0 Å². The van der Waals surface area contributed by atoms with Crippen molar-refractivity contribution in [2.24, 2.45) is 0 Å². The summed E-state index contributed by atoms with van der Waals surface area (Å²) in [5.74, 6) is 2.10. The van der Waals surface area contributed by atoms with Gasteiger partial charge in [0, 0.05) is 13.2 Å². The van der Waals surface area contributed by atoms with Gasteiger partial charge in [-0.25, -0.2) is 0 Å². The molecule has 0 bridgehead atoms. The zero-order valence-electron chi connectivity index (χ0n) is 19.8. The van der Waals surface area contributed by atoms with Crippen molar-refractivity contribution in [3.8, 4) is 17.2 Å². The SMILES string of the molecule is CCC(OCCCCC1CCO1)[Si](Oc1ccccc1)(Oc1ccccc1)Oc1ccccc1. The molecule has 2 atom stereocenters. The first-order valence-electron chi connectivity index (χ1n) is 12.2. The molecule has 0 saturated carbocycles. The number of benzene rings is 3. The Labute approximate surface area is 204 Å². The molecule has 0 amide bonds. The third kappa shape index (κ3) is 6.85. The fourth-order valence-corrected chi connectivity index (χ4v) is 6.64. The lowest BCUT2D eigenvalue weighted by molar-refractivity contribution is -0.0566. The Morgan fingerprint density at radius 2 is 1.24 bits per heavy atom. The minimum atomic E-state index is -3.47. The minimum absolute atomic E-state index is 0.340. The van der Waals surface area contributed by atoms with E-state index in [1.165, 1.54) is 6.42 Å². The quantitative estimate of drug-likeness (QED) is 0.197. The molecular weight excluding hydrogens is 444 g/mol. The summed E-state index contributed by atoms with van der Waals surface area (Å²) < 4.78 is 31.9. The second kappa shape index (κ2) is 12.6. The van der Waals surface area contributed by atoms with E-state index in [1.807, 2.05) is 91.0 Å². The third-order valence-corrected chi connectivity index (χ3v) is 8.73. The Hall–Kier alpha value is -2.80. The first kappa shape index (κ1) is 24.3. The molecule has 180 valence electrons. The number of hydrogen-bond acceptors (Lipinski definition) is 5. The monoisotopic (exact) mass is 478 g/mol. The van der Waals surface area contributed by atoms with Crippen LogP contribution in [0.15, 0.2) is 91.0 Å². The molecule has 3 aromatic carbocycles. The Morgan fingerprint density at radius 3 is 1.62 bits per heavy atom. The number of ether oxygens (including phenoxy) is 2. The summed E-state index contributed by atoms with van der Waals surface area (Å²) >= 11 is 0. The molecule has 1 aliphatic heterocycles. The van der Waals surface area contributed by atoms with E-state index >= 15 is 0 Å². The first-order chi connectivity index (χ1) is 16.8. The highest BCUT2D eigenvalue weighted by molar-refractivity contribution is 6.64. The Balaban J connectivity index is 1.57. The smallest absolute Gasteiger partial charge is 0.482 e. The first-order valence-corrected chi connectivity index (χ1v) is 14.0. The average molecular weight is 479 g/mol. The number of unbranched alkanes of at least 4 members (excludes halogenated alkanes) is 1. The summed E-state index contributed by atoms with van der Waals surface area (Å²) in [5, 5.41) is 0. The fourth-order valence-electron chi connectivity index (χ4n) is 3.90. The standard InChI is InChI=1S/C28H34O5Si/c1-2-28(30-22-13-12-14-24-21-23-29-24)34(31-25-15-6-3-7-16-25,32-26-17-8-4-9-18-26)33-27-19-10-5-11-20-27/h3-11,15-20,24,28H,2,12-14,21-23H2,1H3. The van der Waals surface area contributed by atoms with Crippen molar-refractivity contribution in [3.05, 3.63) is 91.0 Å². The molecule has 5 nitrogen and oxygen atoms in total. The van der Waals surface area contributed by atoms with Crippen molar-refractivity contribution in [3.63, 3.8) is 0 Å². The van der Waals surface area contributed by atoms with Crippen LogP contribution in [0, 0.1) is 0 Å². The second-order valence-electron chi connectivity index (χ2n) is 8.39. The topological polar surface area (TPSA) is 46.2 Å². The second-order valence-corrected chi connectivity index (χ2v) is 10.9. The summed E-state index contributed by atoms with van der Waals surface area (Å²) in [7, 11) is -3.47. The highest BCUT2D eigenvalue weighted by Crippen LogP contribution is 2.29. The predicted molar refractivity (Wildman–Crippen MR) is 135 cm³/mol. The van der Waals surface area contributed by atoms with Gasteiger partial charge in [-0.2, -0.15) is 0 Å². The van der Waals surface area contributed by atoms with Crippen LogP contribution in [-0.2, 0) is 9.47 Å². The van der Waals surface area contributed by atoms with Gasteiger partial charge in [0.2, 0.25) is 0 Å². The summed E-state index contributed by atoms with van der Waals surface area (Å²) in [4.78, 5) is 0. The molecule has 1 saturated heterocycles. The van der Waals surface area contributed by atoms with Gasteiger partial charge < -0.3 is 22.8 Å². The van der Waals surface area contributed by atoms with Crippen LogP contribution in [0.3, 0.4) is 0 Å². The van der Waals surface area contributed by atoms with Crippen molar-refractivity contribution in [2.45, 2.75) is 50.9 Å². The molecule has 1 heterocycles. The zero-order chi connectivity index (χ0) is 23.5. The molecular formula is C28H34O5Si. The molecule has 2 unspecified atom stereocenters. The summed E-state index contributed by atoms with van der Waals surface area (Å²) in [6.07, 6.45) is 5.43.